The molecule has 18 heavy (non-hydrogen) atoms. The summed E-state index contributed by atoms with van der Waals surface area (Å²) in [7, 11) is -3.64. The summed E-state index contributed by atoms with van der Waals surface area (Å²) in [5.41, 5.74) is 5.82. The van der Waals surface area contributed by atoms with E-state index in [1.165, 1.54) is 6.07 Å². The zero-order valence-corrected chi connectivity index (χ0v) is 13.3. The summed E-state index contributed by atoms with van der Waals surface area (Å²) < 4.78 is 26.8. The van der Waals surface area contributed by atoms with Gasteiger partial charge in [-0.15, -0.1) is 11.3 Å². The fraction of sp³-hybridized carbons (Fsp3) is 0.600. The molecule has 0 aliphatic carbocycles. The predicted molar refractivity (Wildman–Crippen MR) is 77.0 cm³/mol. The summed E-state index contributed by atoms with van der Waals surface area (Å²) in [6.45, 7) is 4.25. The Kier molecular flexibility index (Phi) is 5.89. The molecule has 0 radical (unpaired) electrons. The lowest BCUT2D eigenvalue weighted by Gasteiger charge is -2.14. The van der Waals surface area contributed by atoms with Crippen LogP contribution >= 0.6 is 34.5 Å². The second-order valence-corrected chi connectivity index (χ2v) is 8.45. The summed E-state index contributed by atoms with van der Waals surface area (Å²) in [5, 5.41) is 0. The minimum Gasteiger partial charge on any atom is -0.327 e. The SMILES string of the molecule is CC(C)CC(N)CNS(=O)(=O)c1cc(Cl)sc1Cl. The second kappa shape index (κ2) is 6.54. The van der Waals surface area contributed by atoms with Crippen LogP contribution in [0.15, 0.2) is 11.0 Å². The first-order valence-corrected chi connectivity index (χ1v) is 8.48. The van der Waals surface area contributed by atoms with Gasteiger partial charge >= 0.3 is 0 Å². The molecule has 0 bridgehead atoms. The van der Waals surface area contributed by atoms with Crippen molar-refractivity contribution in [2.24, 2.45) is 11.7 Å². The zero-order chi connectivity index (χ0) is 13.9. The summed E-state index contributed by atoms with van der Waals surface area (Å²) >= 11 is 12.6. The van der Waals surface area contributed by atoms with Crippen LogP contribution in [0.4, 0.5) is 0 Å². The molecule has 1 aromatic heterocycles. The Labute approximate surface area is 122 Å². The molecule has 0 saturated carbocycles. The highest BCUT2D eigenvalue weighted by molar-refractivity contribution is 7.89. The van der Waals surface area contributed by atoms with Gasteiger partial charge in [0, 0.05) is 12.6 Å². The lowest BCUT2D eigenvalue weighted by atomic mass is 10.1. The van der Waals surface area contributed by atoms with Crippen molar-refractivity contribution in [3.05, 3.63) is 14.7 Å². The van der Waals surface area contributed by atoms with Crippen LogP contribution in [0.3, 0.4) is 0 Å². The van der Waals surface area contributed by atoms with E-state index >= 15 is 0 Å². The first-order valence-electron chi connectivity index (χ1n) is 5.42. The Morgan fingerprint density at radius 1 is 1.44 bits per heavy atom. The van der Waals surface area contributed by atoms with E-state index in [4.69, 9.17) is 28.9 Å². The Morgan fingerprint density at radius 3 is 2.50 bits per heavy atom. The normalized spacial score (nSPS) is 14.1. The number of nitrogens with two attached hydrogens (primary N) is 1. The average molecular weight is 331 g/mol. The molecule has 4 nitrogen and oxygen atoms in total. The monoisotopic (exact) mass is 330 g/mol. The fourth-order valence-corrected chi connectivity index (χ4v) is 4.73. The van der Waals surface area contributed by atoms with Crippen LogP contribution < -0.4 is 10.5 Å². The highest BCUT2D eigenvalue weighted by Gasteiger charge is 2.21. The van der Waals surface area contributed by atoms with Crippen LogP contribution in [0.2, 0.25) is 8.67 Å². The average Bonchev–Trinajstić information content (AvgIpc) is 2.55. The van der Waals surface area contributed by atoms with Crippen molar-refractivity contribution in [2.45, 2.75) is 31.2 Å². The molecule has 1 atom stereocenters. The van der Waals surface area contributed by atoms with Gasteiger partial charge in [-0.3, -0.25) is 0 Å². The van der Waals surface area contributed by atoms with Crippen LogP contribution in [0.5, 0.6) is 0 Å². The van der Waals surface area contributed by atoms with E-state index in [1.807, 2.05) is 13.8 Å². The van der Waals surface area contributed by atoms with Crippen molar-refractivity contribution < 1.29 is 8.42 Å². The van der Waals surface area contributed by atoms with Gasteiger partial charge < -0.3 is 5.73 Å². The zero-order valence-electron chi connectivity index (χ0n) is 10.1. The molecule has 0 amide bonds. The molecule has 0 spiro atoms. The summed E-state index contributed by atoms with van der Waals surface area (Å²) in [4.78, 5) is 0.0101. The summed E-state index contributed by atoms with van der Waals surface area (Å²) in [5.74, 6) is 0.420. The quantitative estimate of drug-likeness (QED) is 0.842. The Morgan fingerprint density at radius 2 is 2.06 bits per heavy atom. The lowest BCUT2D eigenvalue weighted by Crippen LogP contribution is -2.37. The molecule has 8 heteroatoms. The highest BCUT2D eigenvalue weighted by atomic mass is 35.5. The first kappa shape index (κ1) is 16.2. The van der Waals surface area contributed by atoms with E-state index in [2.05, 4.69) is 4.72 Å². The van der Waals surface area contributed by atoms with Crippen molar-refractivity contribution in [2.75, 3.05) is 6.54 Å². The second-order valence-electron chi connectivity index (χ2n) is 4.43. The summed E-state index contributed by atoms with van der Waals surface area (Å²) in [6, 6.07) is 1.12. The maximum atomic E-state index is 12.0. The van der Waals surface area contributed by atoms with Crippen LogP contribution in [0, 0.1) is 5.92 Å². The molecule has 0 aliphatic heterocycles. The van der Waals surface area contributed by atoms with Crippen molar-refractivity contribution in [1.82, 2.24) is 4.72 Å². The van der Waals surface area contributed by atoms with Gasteiger partial charge in [0.05, 0.1) is 4.34 Å². The van der Waals surface area contributed by atoms with Crippen LogP contribution in [0.1, 0.15) is 20.3 Å². The van der Waals surface area contributed by atoms with E-state index < -0.39 is 10.0 Å². The van der Waals surface area contributed by atoms with Gasteiger partial charge in [-0.05, 0) is 18.4 Å². The van der Waals surface area contributed by atoms with Gasteiger partial charge in [-0.2, -0.15) is 0 Å². The van der Waals surface area contributed by atoms with Gasteiger partial charge in [0.15, 0.2) is 0 Å². The molecule has 104 valence electrons. The third-order valence-corrected chi connectivity index (χ3v) is 5.40. The van der Waals surface area contributed by atoms with Crippen molar-refractivity contribution in [3.63, 3.8) is 0 Å². The molecule has 3 N–H and O–H groups in total. The molecule has 1 rings (SSSR count). The number of thiophene rings is 1. The van der Waals surface area contributed by atoms with Gasteiger partial charge in [0.2, 0.25) is 10.0 Å². The van der Waals surface area contributed by atoms with E-state index in [1.54, 1.807) is 0 Å². The standard InChI is InChI=1S/C10H16Cl2N2O2S2/c1-6(2)3-7(13)5-14-18(15,16)8-4-9(11)17-10(8)12/h4,6-7,14H,3,5,13H2,1-2H3. The van der Waals surface area contributed by atoms with Crippen molar-refractivity contribution >= 4 is 44.6 Å². The minimum atomic E-state index is -3.64. The molecular weight excluding hydrogens is 315 g/mol. The Balaban J connectivity index is 2.69. The number of hydrogen-bond acceptors (Lipinski definition) is 4. The molecule has 0 aliphatic rings. The molecule has 1 aromatic rings. The third-order valence-electron chi connectivity index (χ3n) is 2.22. The van der Waals surface area contributed by atoms with E-state index in [-0.39, 0.29) is 21.8 Å². The maximum Gasteiger partial charge on any atom is 0.243 e. The Bertz CT molecular complexity index is 500. The Hall–Kier alpha value is 0.150. The molecule has 1 heterocycles. The minimum absolute atomic E-state index is 0.0101. The number of halogens is 2. The topological polar surface area (TPSA) is 72.2 Å². The molecule has 0 fully saturated rings. The summed E-state index contributed by atoms with van der Waals surface area (Å²) in [6.07, 6.45) is 0.751. The number of rotatable bonds is 6. The largest absolute Gasteiger partial charge is 0.327 e. The third kappa shape index (κ3) is 4.68. The maximum absolute atomic E-state index is 12.0. The first-order chi connectivity index (χ1) is 8.22. The molecule has 0 saturated heterocycles. The van der Waals surface area contributed by atoms with Crippen LogP contribution in [-0.4, -0.2) is 21.0 Å². The van der Waals surface area contributed by atoms with E-state index in [9.17, 15) is 8.42 Å². The lowest BCUT2D eigenvalue weighted by molar-refractivity contribution is 0.486. The van der Waals surface area contributed by atoms with Crippen molar-refractivity contribution in [1.29, 1.82) is 0 Å². The van der Waals surface area contributed by atoms with E-state index in [0.717, 1.165) is 17.8 Å². The van der Waals surface area contributed by atoms with Crippen molar-refractivity contribution in [3.8, 4) is 0 Å². The smallest absolute Gasteiger partial charge is 0.243 e. The van der Waals surface area contributed by atoms with Crippen LogP contribution in [0.25, 0.3) is 0 Å². The molecular formula is C10H16Cl2N2O2S2. The van der Waals surface area contributed by atoms with E-state index in [0.29, 0.717) is 10.3 Å². The van der Waals surface area contributed by atoms with Gasteiger partial charge in [-0.25, -0.2) is 13.1 Å². The number of nitrogens with one attached hydrogen (secondary N) is 1. The predicted octanol–water partition coefficient (Wildman–Crippen LogP) is 2.71. The molecule has 1 unspecified atom stereocenters. The van der Waals surface area contributed by atoms with Crippen LogP contribution in [-0.2, 0) is 10.0 Å². The van der Waals surface area contributed by atoms with Gasteiger partial charge in [0.25, 0.3) is 0 Å². The van der Waals surface area contributed by atoms with Gasteiger partial charge in [0.1, 0.15) is 9.23 Å². The molecule has 0 aromatic carbocycles. The fourth-order valence-electron chi connectivity index (χ4n) is 1.49. The number of hydrogen-bond donors (Lipinski definition) is 2. The number of sulfonamides is 1. The van der Waals surface area contributed by atoms with Gasteiger partial charge in [-0.1, -0.05) is 37.0 Å². The highest BCUT2D eigenvalue weighted by Crippen LogP contribution is 2.33.